The maximum Gasteiger partial charge on any atom is 0.238 e. The van der Waals surface area contributed by atoms with Crippen LogP contribution < -0.4 is 10.1 Å². The Morgan fingerprint density at radius 2 is 1.91 bits per heavy atom. The minimum atomic E-state index is -3.43. The van der Waals surface area contributed by atoms with E-state index in [2.05, 4.69) is 17.4 Å². The molecule has 0 saturated carbocycles. The van der Waals surface area contributed by atoms with E-state index < -0.39 is 26.2 Å². The molecule has 1 aromatic rings. The fourth-order valence-electron chi connectivity index (χ4n) is 2.68. The molecule has 0 aliphatic heterocycles. The van der Waals surface area contributed by atoms with E-state index in [1.807, 2.05) is 6.07 Å². The van der Waals surface area contributed by atoms with Crippen molar-refractivity contribution in [2.45, 2.75) is 50.5 Å². The van der Waals surface area contributed by atoms with Crippen LogP contribution in [0.25, 0.3) is 0 Å². The van der Waals surface area contributed by atoms with Crippen molar-refractivity contribution in [3.05, 3.63) is 29.3 Å². The van der Waals surface area contributed by atoms with Crippen molar-refractivity contribution >= 4 is 15.7 Å². The van der Waals surface area contributed by atoms with Gasteiger partial charge in [0.05, 0.1) is 11.8 Å². The van der Waals surface area contributed by atoms with Crippen LogP contribution in [0.15, 0.2) is 18.2 Å². The van der Waals surface area contributed by atoms with Crippen molar-refractivity contribution in [3.63, 3.8) is 0 Å². The van der Waals surface area contributed by atoms with Gasteiger partial charge < -0.3 is 10.1 Å². The number of nitrogens with one attached hydrogen (secondary N) is 1. The molecular weight excluding hydrogens is 314 g/mol. The summed E-state index contributed by atoms with van der Waals surface area (Å²) in [7, 11) is -3.43. The summed E-state index contributed by atoms with van der Waals surface area (Å²) in [6, 6.07) is 6.08. The molecule has 1 N–H and O–H groups in total. The fraction of sp³-hybridized carbons (Fsp3) is 0.588. The number of sulfone groups is 1. The number of carbonyl (C=O) groups excluding carboxylic acids is 1. The molecule has 0 bridgehead atoms. The van der Waals surface area contributed by atoms with Crippen LogP contribution in [0.1, 0.15) is 38.3 Å². The largest absolute Gasteiger partial charge is 0.492 e. The maximum absolute atomic E-state index is 11.9. The summed E-state index contributed by atoms with van der Waals surface area (Å²) in [4.78, 5) is 11.9. The molecule has 0 fully saturated rings. The standard InChI is InChI=1S/C17H25NO4S/c1-12(2)23(20,21)13(3)17(19)18-9-10-22-16-8-7-14-5-4-6-15(14)11-16/h7-8,11-13H,4-6,9-10H2,1-3H3,(H,18,19)/t13-/m1/s1. The average molecular weight is 339 g/mol. The van der Waals surface area contributed by atoms with Gasteiger partial charge in [0.2, 0.25) is 5.91 Å². The predicted molar refractivity (Wildman–Crippen MR) is 90.5 cm³/mol. The molecule has 2 rings (SSSR count). The Labute approximate surface area is 138 Å². The summed E-state index contributed by atoms with van der Waals surface area (Å²) >= 11 is 0. The summed E-state index contributed by atoms with van der Waals surface area (Å²) in [6.45, 7) is 5.19. The highest BCUT2D eigenvalue weighted by molar-refractivity contribution is 7.93. The van der Waals surface area contributed by atoms with E-state index in [9.17, 15) is 13.2 Å². The minimum absolute atomic E-state index is 0.286. The summed E-state index contributed by atoms with van der Waals surface area (Å²) in [6.07, 6.45) is 3.42. The second-order valence-corrected chi connectivity index (χ2v) is 9.03. The molecule has 1 aliphatic carbocycles. The summed E-state index contributed by atoms with van der Waals surface area (Å²) < 4.78 is 29.5. The molecule has 0 saturated heterocycles. The van der Waals surface area contributed by atoms with E-state index in [0.717, 1.165) is 18.6 Å². The van der Waals surface area contributed by atoms with E-state index in [4.69, 9.17) is 4.74 Å². The van der Waals surface area contributed by atoms with Gasteiger partial charge in [-0.1, -0.05) is 6.07 Å². The molecule has 128 valence electrons. The number of ether oxygens (including phenoxy) is 1. The van der Waals surface area contributed by atoms with Crippen LogP contribution in [0.4, 0.5) is 0 Å². The summed E-state index contributed by atoms with van der Waals surface area (Å²) in [5.74, 6) is 0.319. The van der Waals surface area contributed by atoms with E-state index in [0.29, 0.717) is 6.61 Å². The highest BCUT2D eigenvalue weighted by atomic mass is 32.2. The van der Waals surface area contributed by atoms with Gasteiger partial charge in [0.15, 0.2) is 9.84 Å². The molecule has 5 nitrogen and oxygen atoms in total. The first-order valence-corrected chi connectivity index (χ1v) is 9.68. The lowest BCUT2D eigenvalue weighted by molar-refractivity contribution is -0.120. The monoisotopic (exact) mass is 339 g/mol. The quantitative estimate of drug-likeness (QED) is 0.770. The van der Waals surface area contributed by atoms with Crippen LogP contribution in [-0.2, 0) is 27.5 Å². The number of rotatable bonds is 7. The van der Waals surface area contributed by atoms with Gasteiger partial charge in [0, 0.05) is 0 Å². The first-order chi connectivity index (χ1) is 10.8. The Bertz CT molecular complexity index is 667. The van der Waals surface area contributed by atoms with Crippen molar-refractivity contribution in [2.24, 2.45) is 0 Å². The van der Waals surface area contributed by atoms with Crippen LogP contribution in [0.3, 0.4) is 0 Å². The van der Waals surface area contributed by atoms with Crippen molar-refractivity contribution in [1.29, 1.82) is 0 Å². The van der Waals surface area contributed by atoms with Gasteiger partial charge in [0.25, 0.3) is 0 Å². The van der Waals surface area contributed by atoms with Gasteiger partial charge in [-0.25, -0.2) is 8.42 Å². The van der Waals surface area contributed by atoms with Gasteiger partial charge in [0.1, 0.15) is 17.6 Å². The maximum atomic E-state index is 11.9. The van der Waals surface area contributed by atoms with E-state index >= 15 is 0 Å². The lowest BCUT2D eigenvalue weighted by atomic mass is 10.1. The lowest BCUT2D eigenvalue weighted by Gasteiger charge is -2.16. The normalized spacial score (nSPS) is 15.3. The number of benzene rings is 1. The van der Waals surface area contributed by atoms with E-state index in [-0.39, 0.29) is 6.54 Å². The van der Waals surface area contributed by atoms with Gasteiger partial charge in [-0.05, 0) is 63.3 Å². The zero-order chi connectivity index (χ0) is 17.0. The third-order valence-corrected chi connectivity index (χ3v) is 6.77. The predicted octanol–water partition coefficient (Wildman–Crippen LogP) is 1.88. The third kappa shape index (κ3) is 4.25. The van der Waals surface area contributed by atoms with Gasteiger partial charge in [-0.3, -0.25) is 4.79 Å². The minimum Gasteiger partial charge on any atom is -0.492 e. The van der Waals surface area contributed by atoms with Crippen LogP contribution >= 0.6 is 0 Å². The molecule has 0 spiro atoms. The van der Waals surface area contributed by atoms with Gasteiger partial charge in [-0.15, -0.1) is 0 Å². The first kappa shape index (κ1) is 17.8. The second kappa shape index (κ2) is 7.34. The Kier molecular flexibility index (Phi) is 5.68. The fourth-order valence-corrected chi connectivity index (χ4v) is 3.88. The van der Waals surface area contributed by atoms with Crippen molar-refractivity contribution in [2.75, 3.05) is 13.2 Å². The van der Waals surface area contributed by atoms with E-state index in [1.54, 1.807) is 13.8 Å². The molecule has 0 heterocycles. The van der Waals surface area contributed by atoms with Crippen LogP contribution in [0.5, 0.6) is 5.75 Å². The lowest BCUT2D eigenvalue weighted by Crippen LogP contribution is -2.42. The Morgan fingerprint density at radius 1 is 1.22 bits per heavy atom. The number of hydrogen-bond donors (Lipinski definition) is 1. The smallest absolute Gasteiger partial charge is 0.238 e. The number of amides is 1. The topological polar surface area (TPSA) is 72.5 Å². The molecule has 1 aromatic carbocycles. The van der Waals surface area contributed by atoms with Gasteiger partial charge >= 0.3 is 0 Å². The van der Waals surface area contributed by atoms with Crippen LogP contribution in [0.2, 0.25) is 0 Å². The number of carbonyl (C=O) groups is 1. The second-order valence-electron chi connectivity index (χ2n) is 6.20. The molecule has 23 heavy (non-hydrogen) atoms. The molecule has 1 atom stereocenters. The molecule has 6 heteroatoms. The number of hydrogen-bond acceptors (Lipinski definition) is 4. The van der Waals surface area contributed by atoms with Crippen molar-refractivity contribution in [1.82, 2.24) is 5.32 Å². The molecule has 0 aromatic heterocycles. The molecular formula is C17H25NO4S. The summed E-state index contributed by atoms with van der Waals surface area (Å²) in [5, 5.41) is 1.02. The molecule has 0 unspecified atom stereocenters. The Hall–Kier alpha value is -1.56. The van der Waals surface area contributed by atoms with Gasteiger partial charge in [-0.2, -0.15) is 0 Å². The number of aryl methyl sites for hydroxylation is 2. The van der Waals surface area contributed by atoms with E-state index in [1.165, 1.54) is 24.5 Å². The highest BCUT2D eigenvalue weighted by Crippen LogP contribution is 2.25. The number of fused-ring (bicyclic) bond motifs is 1. The zero-order valence-corrected chi connectivity index (χ0v) is 14.8. The molecule has 0 radical (unpaired) electrons. The first-order valence-electron chi connectivity index (χ1n) is 8.07. The zero-order valence-electron chi connectivity index (χ0n) is 14.0. The third-order valence-electron chi connectivity index (χ3n) is 4.26. The Morgan fingerprint density at radius 3 is 2.61 bits per heavy atom. The van der Waals surface area contributed by atoms with Crippen LogP contribution in [0, 0.1) is 0 Å². The Balaban J connectivity index is 1.78. The molecule has 1 amide bonds. The van der Waals surface area contributed by atoms with Crippen molar-refractivity contribution < 1.29 is 17.9 Å². The highest BCUT2D eigenvalue weighted by Gasteiger charge is 2.30. The van der Waals surface area contributed by atoms with Crippen LogP contribution in [-0.4, -0.2) is 38.0 Å². The SMILES string of the molecule is CC(C)S(=O)(=O)[C@H](C)C(=O)NCCOc1ccc2c(c1)CCC2. The summed E-state index contributed by atoms with van der Waals surface area (Å²) in [5.41, 5.74) is 2.72. The van der Waals surface area contributed by atoms with Crippen molar-refractivity contribution in [3.8, 4) is 5.75 Å². The molecule has 1 aliphatic rings. The average Bonchev–Trinajstić information content (AvgIpc) is 2.97.